The molecule has 23 heavy (non-hydrogen) atoms. The van der Waals surface area contributed by atoms with E-state index >= 15 is 0 Å². The molecule has 0 saturated carbocycles. The van der Waals surface area contributed by atoms with Gasteiger partial charge in [0.25, 0.3) is 0 Å². The number of halogens is 1. The van der Waals surface area contributed by atoms with E-state index in [1.165, 1.54) is 6.92 Å². The van der Waals surface area contributed by atoms with Crippen LogP contribution in [0.3, 0.4) is 0 Å². The molecule has 0 rings (SSSR count). The van der Waals surface area contributed by atoms with Crippen molar-refractivity contribution >= 4 is 29.0 Å². The Morgan fingerprint density at radius 3 is 1.57 bits per heavy atom. The Kier molecular flexibility index (Phi) is 8.24. The second-order valence-corrected chi connectivity index (χ2v) is 9.29. The van der Waals surface area contributed by atoms with Gasteiger partial charge in [0.15, 0.2) is 0 Å². The van der Waals surface area contributed by atoms with Crippen molar-refractivity contribution < 1.29 is 55.7 Å². The minimum atomic E-state index is -5.79. The van der Waals surface area contributed by atoms with Gasteiger partial charge in [0.1, 0.15) is 0 Å². The van der Waals surface area contributed by atoms with Crippen molar-refractivity contribution in [3.8, 4) is 0 Å². The molecule has 0 aromatic rings. The first-order valence-electron chi connectivity index (χ1n) is 6.16. The van der Waals surface area contributed by atoms with Crippen LogP contribution in [0.4, 0.5) is 4.39 Å². The highest BCUT2D eigenvalue weighted by Crippen LogP contribution is 2.75. The van der Waals surface area contributed by atoms with Gasteiger partial charge in [-0.15, -0.1) is 0 Å². The van der Waals surface area contributed by atoms with E-state index in [1.54, 1.807) is 0 Å². The Morgan fingerprint density at radius 2 is 1.26 bits per heavy atom. The molecular formula is C8H18FO11P3. The van der Waals surface area contributed by atoms with Gasteiger partial charge in [0.05, 0.1) is 19.8 Å². The predicted molar refractivity (Wildman–Crippen MR) is 74.3 cm³/mol. The lowest BCUT2D eigenvalue weighted by molar-refractivity contribution is -0.141. The SMILES string of the molecule is CCOP(=O)(O)OC(=O)C(F)(P(=O)(O)OCC)P(=O)(O)OCC. The van der Waals surface area contributed by atoms with E-state index in [2.05, 4.69) is 18.1 Å². The fourth-order valence-electron chi connectivity index (χ4n) is 1.26. The molecule has 0 fully saturated rings. The van der Waals surface area contributed by atoms with Crippen molar-refractivity contribution in [2.45, 2.75) is 25.9 Å². The van der Waals surface area contributed by atoms with Gasteiger partial charge < -0.3 is 23.4 Å². The van der Waals surface area contributed by atoms with E-state index in [1.807, 2.05) is 0 Å². The molecule has 138 valence electrons. The minimum absolute atomic E-state index is 0.440. The number of alkyl halides is 1. The van der Waals surface area contributed by atoms with Crippen LogP contribution in [-0.2, 0) is 36.6 Å². The summed E-state index contributed by atoms with van der Waals surface area (Å²) in [7, 11) is -16.8. The number of rotatable bonds is 10. The van der Waals surface area contributed by atoms with Crippen LogP contribution < -0.4 is 0 Å². The fourth-order valence-corrected chi connectivity index (χ4v) is 5.34. The third-order valence-corrected chi connectivity index (χ3v) is 7.68. The number of hydrogen-bond acceptors (Lipinski definition) is 8. The molecule has 11 nitrogen and oxygen atoms in total. The zero-order chi connectivity index (χ0) is 18.5. The summed E-state index contributed by atoms with van der Waals surface area (Å²) in [5.41, 5.74) is 0. The fraction of sp³-hybridized carbons (Fsp3) is 0.875. The summed E-state index contributed by atoms with van der Waals surface area (Å²) in [6, 6.07) is 0. The maximum Gasteiger partial charge on any atom is 0.529 e. The van der Waals surface area contributed by atoms with Crippen LogP contribution in [0, 0.1) is 0 Å². The predicted octanol–water partition coefficient (Wildman–Crippen LogP) is 1.73. The molecule has 0 heterocycles. The summed E-state index contributed by atoms with van der Waals surface area (Å²) in [4.78, 5) is 40.0. The molecule has 0 spiro atoms. The van der Waals surface area contributed by atoms with E-state index in [0.717, 1.165) is 13.8 Å². The second kappa shape index (κ2) is 8.29. The van der Waals surface area contributed by atoms with E-state index in [-0.39, 0.29) is 0 Å². The normalized spacial score (nSPS) is 22.2. The Balaban J connectivity index is 5.99. The van der Waals surface area contributed by atoms with Gasteiger partial charge in [0.2, 0.25) is 0 Å². The Bertz CT molecular complexity index is 537. The van der Waals surface area contributed by atoms with Crippen LogP contribution in [0.25, 0.3) is 0 Å². The molecule has 0 bridgehead atoms. The molecule has 3 atom stereocenters. The van der Waals surface area contributed by atoms with Crippen LogP contribution in [0.15, 0.2) is 0 Å². The van der Waals surface area contributed by atoms with E-state index in [0.29, 0.717) is 0 Å². The van der Waals surface area contributed by atoms with Crippen molar-refractivity contribution in [3.05, 3.63) is 0 Å². The number of carbonyl (C=O) groups excluding carboxylic acids is 1. The number of carbonyl (C=O) groups is 1. The van der Waals surface area contributed by atoms with Crippen molar-refractivity contribution in [2.24, 2.45) is 0 Å². The molecule has 0 aliphatic heterocycles. The lowest BCUT2D eigenvalue weighted by Gasteiger charge is -2.29. The number of hydrogen-bond donors (Lipinski definition) is 3. The molecule has 0 aliphatic rings. The molecule has 15 heteroatoms. The lowest BCUT2D eigenvalue weighted by Crippen LogP contribution is -2.36. The third-order valence-electron chi connectivity index (χ3n) is 2.11. The molecule has 0 saturated heterocycles. The van der Waals surface area contributed by atoms with Gasteiger partial charge >= 0.3 is 34.1 Å². The van der Waals surface area contributed by atoms with E-state index < -0.39 is 54.0 Å². The van der Waals surface area contributed by atoms with E-state index in [4.69, 9.17) is 4.89 Å². The highest BCUT2D eigenvalue weighted by molar-refractivity contribution is 7.74. The average Bonchev–Trinajstić information content (AvgIpc) is 2.36. The van der Waals surface area contributed by atoms with Gasteiger partial charge in [-0.05, 0) is 20.8 Å². The molecule has 0 amide bonds. The summed E-state index contributed by atoms with van der Waals surface area (Å²) in [6.45, 7) is 1.81. The summed E-state index contributed by atoms with van der Waals surface area (Å²) < 4.78 is 66.1. The molecule has 3 N–H and O–H groups in total. The van der Waals surface area contributed by atoms with Crippen molar-refractivity contribution in [1.82, 2.24) is 0 Å². The maximum absolute atomic E-state index is 14.8. The van der Waals surface area contributed by atoms with Crippen LogP contribution in [0.1, 0.15) is 20.8 Å². The Hall–Kier alpha value is -0.150. The lowest BCUT2D eigenvalue weighted by atomic mass is 10.8. The van der Waals surface area contributed by atoms with Crippen molar-refractivity contribution in [2.75, 3.05) is 19.8 Å². The first-order chi connectivity index (χ1) is 10.3. The first kappa shape index (κ1) is 22.9. The Morgan fingerprint density at radius 1 is 0.913 bits per heavy atom. The zero-order valence-electron chi connectivity index (χ0n) is 12.4. The molecule has 0 aliphatic carbocycles. The molecule has 0 aromatic carbocycles. The average molecular weight is 402 g/mol. The standard InChI is InChI=1S/C8H18FO11P3/c1-4-17-21(11,12)8(9,22(13,14)18-5-2)7(10)20-23(15,16)19-6-3/h4-6H2,1-3H3,(H,11,12)(H,13,14)(H,15,16). The van der Waals surface area contributed by atoms with Crippen LogP contribution >= 0.6 is 23.0 Å². The van der Waals surface area contributed by atoms with Crippen molar-refractivity contribution in [1.29, 1.82) is 0 Å². The molecule has 3 unspecified atom stereocenters. The van der Waals surface area contributed by atoms with Gasteiger partial charge in [-0.1, -0.05) is 0 Å². The Labute approximate surface area is 131 Å². The van der Waals surface area contributed by atoms with Gasteiger partial charge in [-0.25, -0.2) is 13.8 Å². The maximum atomic E-state index is 14.8. The van der Waals surface area contributed by atoms with Crippen LogP contribution in [0.5, 0.6) is 0 Å². The van der Waals surface area contributed by atoms with Crippen LogP contribution in [-0.4, -0.2) is 45.6 Å². The summed E-state index contributed by atoms with van der Waals surface area (Å²) in [5, 5.41) is -4.64. The smallest absolute Gasteiger partial charge is 0.367 e. The summed E-state index contributed by atoms with van der Waals surface area (Å²) in [5.74, 6) is -2.60. The van der Waals surface area contributed by atoms with Gasteiger partial charge in [-0.3, -0.25) is 18.5 Å². The van der Waals surface area contributed by atoms with Gasteiger partial charge in [0, 0.05) is 0 Å². The van der Waals surface area contributed by atoms with E-state index in [9.17, 15) is 32.7 Å². The second-order valence-electron chi connectivity index (χ2n) is 3.73. The zero-order valence-corrected chi connectivity index (χ0v) is 15.1. The molecule has 0 radical (unpaired) electrons. The first-order valence-corrected chi connectivity index (χ1v) is 10.8. The molecular weight excluding hydrogens is 384 g/mol. The number of phosphoric acid groups is 1. The highest BCUT2D eigenvalue weighted by Gasteiger charge is 2.72. The van der Waals surface area contributed by atoms with Gasteiger partial charge in [-0.2, -0.15) is 0 Å². The topological polar surface area (TPSA) is 166 Å². The van der Waals surface area contributed by atoms with Crippen LogP contribution in [0.2, 0.25) is 0 Å². The quantitative estimate of drug-likeness (QED) is 0.456. The van der Waals surface area contributed by atoms with Crippen molar-refractivity contribution in [3.63, 3.8) is 0 Å². The monoisotopic (exact) mass is 402 g/mol. The summed E-state index contributed by atoms with van der Waals surface area (Å²) in [6.07, 6.45) is 0. The largest absolute Gasteiger partial charge is 0.529 e. The summed E-state index contributed by atoms with van der Waals surface area (Å²) >= 11 is 0. The highest BCUT2D eigenvalue weighted by atomic mass is 31.2. The third kappa shape index (κ3) is 5.16. The molecule has 0 aromatic heterocycles. The minimum Gasteiger partial charge on any atom is -0.367 e. The number of phosphoric ester groups is 1.